The molecule has 1 heterocycles. The van der Waals surface area contributed by atoms with Gasteiger partial charge in [-0.25, -0.2) is 8.42 Å². The van der Waals surface area contributed by atoms with Crippen molar-refractivity contribution in [3.63, 3.8) is 0 Å². The third-order valence-corrected chi connectivity index (χ3v) is 5.36. The van der Waals surface area contributed by atoms with Crippen molar-refractivity contribution in [2.24, 2.45) is 0 Å². The Kier molecular flexibility index (Phi) is 3.92. The van der Waals surface area contributed by atoms with Crippen LogP contribution in [-0.2, 0) is 9.84 Å². The molecule has 0 amide bonds. The van der Waals surface area contributed by atoms with Crippen molar-refractivity contribution >= 4 is 21.2 Å². The molecule has 0 saturated heterocycles. The molecule has 86 valence electrons. The van der Waals surface area contributed by atoms with Gasteiger partial charge in [0.2, 0.25) is 0 Å². The number of sulfone groups is 1. The molecule has 0 aromatic carbocycles. The lowest BCUT2D eigenvalue weighted by Crippen LogP contribution is -2.32. The third-order valence-electron chi connectivity index (χ3n) is 2.64. The van der Waals surface area contributed by atoms with Gasteiger partial charge < -0.3 is 5.32 Å². The van der Waals surface area contributed by atoms with Crippen LogP contribution in [0.15, 0.2) is 11.4 Å². The first kappa shape index (κ1) is 12.7. The van der Waals surface area contributed by atoms with Gasteiger partial charge in [0, 0.05) is 11.1 Å². The molecule has 0 radical (unpaired) electrons. The lowest BCUT2D eigenvalue weighted by atomic mass is 10.1. The van der Waals surface area contributed by atoms with Crippen molar-refractivity contribution in [1.29, 1.82) is 0 Å². The van der Waals surface area contributed by atoms with Gasteiger partial charge >= 0.3 is 0 Å². The van der Waals surface area contributed by atoms with Crippen LogP contribution in [0.3, 0.4) is 0 Å². The molecule has 1 aromatic rings. The van der Waals surface area contributed by atoms with E-state index in [9.17, 15) is 8.42 Å². The summed E-state index contributed by atoms with van der Waals surface area (Å²) in [7, 11) is -1.22. The van der Waals surface area contributed by atoms with Crippen molar-refractivity contribution in [2.45, 2.75) is 25.1 Å². The molecule has 1 N–H and O–H groups in total. The zero-order chi connectivity index (χ0) is 11.6. The molecule has 0 aliphatic rings. The number of thiophene rings is 1. The highest BCUT2D eigenvalue weighted by Gasteiger charge is 2.27. The minimum atomic E-state index is -3.01. The minimum Gasteiger partial charge on any atom is -0.311 e. The summed E-state index contributed by atoms with van der Waals surface area (Å²) in [5, 5.41) is 4.67. The molecule has 0 bridgehead atoms. The maximum atomic E-state index is 11.5. The maximum absolute atomic E-state index is 11.5. The monoisotopic (exact) mass is 247 g/mol. The molecule has 0 aliphatic heterocycles. The van der Waals surface area contributed by atoms with Gasteiger partial charge in [0.15, 0.2) is 9.84 Å². The maximum Gasteiger partial charge on any atom is 0.151 e. The number of hydrogen-bond acceptors (Lipinski definition) is 4. The van der Waals surface area contributed by atoms with Crippen LogP contribution in [0.25, 0.3) is 0 Å². The van der Waals surface area contributed by atoms with E-state index in [2.05, 4.69) is 5.32 Å². The summed E-state index contributed by atoms with van der Waals surface area (Å²) in [5.74, 6) is 0. The Balaban J connectivity index is 3.06. The molecule has 0 spiro atoms. The summed E-state index contributed by atoms with van der Waals surface area (Å²) in [5.41, 5.74) is 1.15. The lowest BCUT2D eigenvalue weighted by molar-refractivity contribution is 0.538. The molecule has 1 rings (SSSR count). The van der Waals surface area contributed by atoms with E-state index in [0.29, 0.717) is 0 Å². The second-order valence-electron chi connectivity index (χ2n) is 3.77. The van der Waals surface area contributed by atoms with Crippen LogP contribution in [0.5, 0.6) is 0 Å². The predicted octanol–water partition coefficient (Wildman–Crippen LogP) is 1.75. The zero-order valence-electron chi connectivity index (χ0n) is 9.44. The molecule has 1 aromatic heterocycles. The quantitative estimate of drug-likeness (QED) is 0.881. The smallest absolute Gasteiger partial charge is 0.151 e. The minimum absolute atomic E-state index is 0.111. The first-order chi connectivity index (χ1) is 6.88. The molecule has 0 saturated carbocycles. The summed E-state index contributed by atoms with van der Waals surface area (Å²) in [6.45, 7) is 3.75. The molecule has 0 aliphatic carbocycles. The van der Waals surface area contributed by atoms with E-state index in [-0.39, 0.29) is 6.04 Å². The molecular formula is C10H17NO2S2. The third kappa shape index (κ3) is 2.80. The topological polar surface area (TPSA) is 46.2 Å². The number of rotatable bonds is 4. The Hall–Kier alpha value is -0.390. The van der Waals surface area contributed by atoms with Crippen molar-refractivity contribution in [2.75, 3.05) is 13.3 Å². The van der Waals surface area contributed by atoms with E-state index >= 15 is 0 Å². The first-order valence-electron chi connectivity index (χ1n) is 4.78. The highest BCUT2D eigenvalue weighted by molar-refractivity contribution is 7.91. The van der Waals surface area contributed by atoms with Crippen molar-refractivity contribution in [3.05, 3.63) is 21.9 Å². The fraction of sp³-hybridized carbons (Fsp3) is 0.600. The second kappa shape index (κ2) is 4.63. The fourth-order valence-electron chi connectivity index (χ4n) is 1.53. The zero-order valence-corrected chi connectivity index (χ0v) is 11.1. The van der Waals surface area contributed by atoms with Crippen LogP contribution in [0, 0.1) is 6.92 Å². The van der Waals surface area contributed by atoms with E-state index in [1.807, 2.05) is 18.4 Å². The van der Waals surface area contributed by atoms with Crippen LogP contribution in [0.1, 0.15) is 23.4 Å². The van der Waals surface area contributed by atoms with Crippen molar-refractivity contribution in [3.8, 4) is 0 Å². The Labute approximate surface area is 95.4 Å². The average molecular weight is 247 g/mol. The van der Waals surface area contributed by atoms with Crippen LogP contribution in [0.4, 0.5) is 0 Å². The highest BCUT2D eigenvalue weighted by atomic mass is 32.2. The fourth-order valence-corrected chi connectivity index (χ4v) is 3.52. The van der Waals surface area contributed by atoms with Crippen LogP contribution in [-0.4, -0.2) is 27.0 Å². The molecule has 0 fully saturated rings. The van der Waals surface area contributed by atoms with Crippen molar-refractivity contribution < 1.29 is 8.42 Å². The summed E-state index contributed by atoms with van der Waals surface area (Å²) < 4.78 is 23.0. The van der Waals surface area contributed by atoms with Crippen LogP contribution in [0.2, 0.25) is 0 Å². The SMILES string of the molecule is CNC(c1sccc1C)C(C)S(C)(=O)=O. The Morgan fingerprint density at radius 3 is 2.40 bits per heavy atom. The average Bonchev–Trinajstić information content (AvgIpc) is 2.52. The Morgan fingerprint density at radius 2 is 2.07 bits per heavy atom. The van der Waals surface area contributed by atoms with E-state index in [1.54, 1.807) is 25.3 Å². The van der Waals surface area contributed by atoms with E-state index in [0.717, 1.165) is 10.4 Å². The van der Waals surface area contributed by atoms with E-state index in [4.69, 9.17) is 0 Å². The summed E-state index contributed by atoms with van der Waals surface area (Å²) in [6.07, 6.45) is 1.28. The van der Waals surface area contributed by atoms with Crippen molar-refractivity contribution in [1.82, 2.24) is 5.32 Å². The van der Waals surface area contributed by atoms with Gasteiger partial charge in [0.05, 0.1) is 11.3 Å². The number of aryl methyl sites for hydroxylation is 1. The summed E-state index contributed by atoms with van der Waals surface area (Å²) in [4.78, 5) is 1.11. The van der Waals surface area contributed by atoms with Gasteiger partial charge in [-0.15, -0.1) is 11.3 Å². The first-order valence-corrected chi connectivity index (χ1v) is 7.61. The molecule has 3 nitrogen and oxygen atoms in total. The second-order valence-corrected chi connectivity index (χ2v) is 7.12. The summed E-state index contributed by atoms with van der Waals surface area (Å²) >= 11 is 1.60. The summed E-state index contributed by atoms with van der Waals surface area (Å²) in [6, 6.07) is 1.90. The number of nitrogens with one attached hydrogen (secondary N) is 1. The predicted molar refractivity (Wildman–Crippen MR) is 65.2 cm³/mol. The largest absolute Gasteiger partial charge is 0.311 e. The van der Waals surface area contributed by atoms with Gasteiger partial charge in [-0.2, -0.15) is 0 Å². The van der Waals surface area contributed by atoms with Crippen LogP contribution < -0.4 is 5.32 Å². The normalized spacial score (nSPS) is 16.3. The molecule has 2 atom stereocenters. The molecular weight excluding hydrogens is 230 g/mol. The van der Waals surface area contributed by atoms with E-state index in [1.165, 1.54) is 6.26 Å². The molecule has 2 unspecified atom stereocenters. The van der Waals surface area contributed by atoms with Gasteiger partial charge in [-0.05, 0) is 37.9 Å². The Bertz CT molecular complexity index is 422. The van der Waals surface area contributed by atoms with Gasteiger partial charge in [0.25, 0.3) is 0 Å². The van der Waals surface area contributed by atoms with Gasteiger partial charge in [-0.3, -0.25) is 0 Å². The van der Waals surface area contributed by atoms with Gasteiger partial charge in [-0.1, -0.05) is 0 Å². The molecule has 15 heavy (non-hydrogen) atoms. The van der Waals surface area contributed by atoms with E-state index < -0.39 is 15.1 Å². The van der Waals surface area contributed by atoms with Crippen LogP contribution >= 0.6 is 11.3 Å². The number of hydrogen-bond donors (Lipinski definition) is 1. The molecule has 5 heteroatoms. The lowest BCUT2D eigenvalue weighted by Gasteiger charge is -2.21. The highest BCUT2D eigenvalue weighted by Crippen LogP contribution is 2.28. The standard InChI is InChI=1S/C10H17NO2S2/c1-7-5-6-14-10(7)9(11-3)8(2)15(4,12)13/h5-6,8-9,11H,1-4H3. The Morgan fingerprint density at radius 1 is 1.47 bits per heavy atom. The van der Waals surface area contributed by atoms with Gasteiger partial charge in [0.1, 0.15) is 0 Å².